The van der Waals surface area contributed by atoms with E-state index in [4.69, 9.17) is 9.47 Å². The third-order valence-electron chi connectivity index (χ3n) is 4.54. The minimum atomic E-state index is -0.146. The highest BCUT2D eigenvalue weighted by Gasteiger charge is 2.17. The van der Waals surface area contributed by atoms with Crippen LogP contribution >= 0.6 is 0 Å². The number of aryl methyl sites for hydroxylation is 1. The summed E-state index contributed by atoms with van der Waals surface area (Å²) in [5.41, 5.74) is 2.47. The Hall–Kier alpha value is -3.29. The molecule has 2 heterocycles. The zero-order valence-corrected chi connectivity index (χ0v) is 16.6. The number of nitrogens with zero attached hydrogens (tertiary/aromatic N) is 5. The van der Waals surface area contributed by atoms with Gasteiger partial charge in [0.25, 0.3) is 5.91 Å². The van der Waals surface area contributed by atoms with E-state index in [0.717, 1.165) is 23.6 Å². The molecule has 2 aromatic heterocycles. The fourth-order valence-electron chi connectivity index (χ4n) is 2.84. The second kappa shape index (κ2) is 8.60. The van der Waals surface area contributed by atoms with Gasteiger partial charge in [-0.2, -0.15) is 10.2 Å². The Balaban J connectivity index is 1.58. The Morgan fingerprint density at radius 2 is 1.89 bits per heavy atom. The smallest absolute Gasteiger partial charge is 0.274 e. The average molecular weight is 383 g/mol. The van der Waals surface area contributed by atoms with E-state index >= 15 is 0 Å². The maximum absolute atomic E-state index is 12.7. The third kappa shape index (κ3) is 4.33. The number of rotatable bonds is 8. The fourth-order valence-corrected chi connectivity index (χ4v) is 2.84. The molecular formula is C20H25N5O3. The zero-order valence-electron chi connectivity index (χ0n) is 16.6. The van der Waals surface area contributed by atoms with Crippen molar-refractivity contribution < 1.29 is 14.3 Å². The molecule has 0 fully saturated rings. The lowest BCUT2D eigenvalue weighted by atomic mass is 10.2. The molecule has 0 spiro atoms. The highest BCUT2D eigenvalue weighted by molar-refractivity contribution is 5.91. The van der Waals surface area contributed by atoms with E-state index in [-0.39, 0.29) is 12.6 Å². The minimum absolute atomic E-state index is 0.146. The Morgan fingerprint density at radius 1 is 1.18 bits per heavy atom. The molecule has 148 valence electrons. The van der Waals surface area contributed by atoms with Crippen LogP contribution in [0.2, 0.25) is 0 Å². The normalized spacial score (nSPS) is 10.7. The van der Waals surface area contributed by atoms with Crippen LogP contribution in [0.4, 0.5) is 0 Å². The number of methoxy groups -OCH3 is 1. The van der Waals surface area contributed by atoms with Gasteiger partial charge in [-0.05, 0) is 44.2 Å². The van der Waals surface area contributed by atoms with Gasteiger partial charge in [0, 0.05) is 37.6 Å². The maximum Gasteiger partial charge on any atom is 0.274 e. The molecule has 28 heavy (non-hydrogen) atoms. The second-order valence-corrected chi connectivity index (χ2v) is 6.42. The summed E-state index contributed by atoms with van der Waals surface area (Å²) in [7, 11) is 3.38. The van der Waals surface area contributed by atoms with Crippen LogP contribution in [0.5, 0.6) is 11.5 Å². The van der Waals surface area contributed by atoms with Crippen molar-refractivity contribution >= 4 is 5.91 Å². The monoisotopic (exact) mass is 383 g/mol. The van der Waals surface area contributed by atoms with Crippen LogP contribution in [0.25, 0.3) is 0 Å². The molecule has 1 aromatic carbocycles. The van der Waals surface area contributed by atoms with E-state index in [1.807, 2.05) is 49.0 Å². The molecule has 0 unspecified atom stereocenters. The lowest BCUT2D eigenvalue weighted by Crippen LogP contribution is -2.27. The first-order chi connectivity index (χ1) is 13.5. The summed E-state index contributed by atoms with van der Waals surface area (Å²) < 4.78 is 14.3. The second-order valence-electron chi connectivity index (χ2n) is 6.42. The van der Waals surface area contributed by atoms with Crippen molar-refractivity contribution in [3.8, 4) is 11.5 Å². The van der Waals surface area contributed by atoms with Crippen LogP contribution in [-0.2, 0) is 19.8 Å². The summed E-state index contributed by atoms with van der Waals surface area (Å²) in [5, 5.41) is 8.64. The summed E-state index contributed by atoms with van der Waals surface area (Å²) in [5.74, 6) is 1.32. The summed E-state index contributed by atoms with van der Waals surface area (Å²) in [4.78, 5) is 14.3. The van der Waals surface area contributed by atoms with Gasteiger partial charge in [0.2, 0.25) is 0 Å². The number of amides is 1. The fraction of sp³-hybridized carbons (Fsp3) is 0.350. The predicted molar refractivity (Wildman–Crippen MR) is 104 cm³/mol. The van der Waals surface area contributed by atoms with Crippen LogP contribution in [0.1, 0.15) is 28.7 Å². The number of carbonyl (C=O) groups excluding carboxylic acids is 1. The van der Waals surface area contributed by atoms with Gasteiger partial charge in [0.15, 0.2) is 12.4 Å². The van der Waals surface area contributed by atoms with E-state index in [2.05, 4.69) is 10.2 Å². The van der Waals surface area contributed by atoms with E-state index < -0.39 is 0 Å². The van der Waals surface area contributed by atoms with Crippen molar-refractivity contribution in [1.29, 1.82) is 0 Å². The molecule has 0 saturated carbocycles. The first-order valence-electron chi connectivity index (χ1n) is 9.09. The molecule has 0 aliphatic heterocycles. The first kappa shape index (κ1) is 19.5. The number of hydrogen-bond donors (Lipinski definition) is 0. The topological polar surface area (TPSA) is 74.4 Å². The quantitative estimate of drug-likeness (QED) is 0.598. The van der Waals surface area contributed by atoms with Crippen LogP contribution < -0.4 is 9.47 Å². The van der Waals surface area contributed by atoms with Gasteiger partial charge in [0.1, 0.15) is 11.5 Å². The van der Waals surface area contributed by atoms with Gasteiger partial charge in [-0.1, -0.05) is 0 Å². The number of carbonyl (C=O) groups is 1. The molecule has 0 aliphatic carbocycles. The lowest BCUT2D eigenvalue weighted by molar-refractivity contribution is 0.0777. The standard InChI is InChI=1S/C20H25N5O3/c1-5-25-15(2)16(12-21-25)13-23(3)20(26)19-10-11-24(22-19)14-28-18-8-6-17(27-4)7-9-18/h6-12H,5,13-14H2,1-4H3. The van der Waals surface area contributed by atoms with E-state index in [9.17, 15) is 4.79 Å². The van der Waals surface area contributed by atoms with Crippen molar-refractivity contribution in [2.75, 3.05) is 14.2 Å². The molecule has 1 amide bonds. The lowest BCUT2D eigenvalue weighted by Gasteiger charge is -2.15. The van der Waals surface area contributed by atoms with Crippen molar-refractivity contribution in [2.24, 2.45) is 0 Å². The van der Waals surface area contributed by atoms with Gasteiger partial charge < -0.3 is 14.4 Å². The summed E-state index contributed by atoms with van der Waals surface area (Å²) in [6.45, 7) is 5.56. The SMILES string of the molecule is CCn1ncc(CN(C)C(=O)c2ccn(COc3ccc(OC)cc3)n2)c1C. The molecule has 0 atom stereocenters. The molecule has 3 rings (SSSR count). The average Bonchev–Trinajstić information content (AvgIpc) is 3.33. The van der Waals surface area contributed by atoms with Crippen molar-refractivity contribution in [3.05, 3.63) is 59.7 Å². The molecule has 0 aliphatic rings. The third-order valence-corrected chi connectivity index (χ3v) is 4.54. The van der Waals surface area contributed by atoms with Crippen molar-refractivity contribution in [3.63, 3.8) is 0 Å². The number of benzene rings is 1. The van der Waals surface area contributed by atoms with Crippen LogP contribution in [0.15, 0.2) is 42.7 Å². The van der Waals surface area contributed by atoms with Gasteiger partial charge in [-0.25, -0.2) is 4.68 Å². The molecule has 0 saturated heterocycles. The summed E-state index contributed by atoms with van der Waals surface area (Å²) in [6.07, 6.45) is 3.54. The molecule has 0 bridgehead atoms. The van der Waals surface area contributed by atoms with E-state index in [1.165, 1.54) is 0 Å². The van der Waals surface area contributed by atoms with Gasteiger partial charge in [-0.15, -0.1) is 0 Å². The largest absolute Gasteiger partial charge is 0.497 e. The van der Waals surface area contributed by atoms with Crippen molar-refractivity contribution in [1.82, 2.24) is 24.5 Å². The Kier molecular flexibility index (Phi) is 5.98. The maximum atomic E-state index is 12.7. The Morgan fingerprint density at radius 3 is 2.54 bits per heavy atom. The minimum Gasteiger partial charge on any atom is -0.497 e. The van der Waals surface area contributed by atoms with Crippen molar-refractivity contribution in [2.45, 2.75) is 33.7 Å². The van der Waals surface area contributed by atoms with Gasteiger partial charge in [-0.3, -0.25) is 9.48 Å². The Bertz CT molecular complexity index is 930. The Labute approximate surface area is 164 Å². The number of ether oxygens (including phenoxy) is 2. The van der Waals surface area contributed by atoms with Crippen LogP contribution in [0.3, 0.4) is 0 Å². The zero-order chi connectivity index (χ0) is 20.1. The summed E-state index contributed by atoms with van der Waals surface area (Å²) in [6, 6.07) is 8.98. The highest BCUT2D eigenvalue weighted by atomic mass is 16.5. The van der Waals surface area contributed by atoms with Crippen LogP contribution in [0, 0.1) is 6.92 Å². The molecule has 8 heteroatoms. The van der Waals surface area contributed by atoms with Gasteiger partial charge in [0.05, 0.1) is 13.3 Å². The molecule has 3 aromatic rings. The molecule has 0 N–H and O–H groups in total. The molecular weight excluding hydrogens is 358 g/mol. The van der Waals surface area contributed by atoms with E-state index in [0.29, 0.717) is 18.0 Å². The number of hydrogen-bond acceptors (Lipinski definition) is 5. The summed E-state index contributed by atoms with van der Waals surface area (Å²) >= 11 is 0. The number of aromatic nitrogens is 4. The predicted octanol–water partition coefficient (Wildman–Crippen LogP) is 2.73. The first-order valence-corrected chi connectivity index (χ1v) is 9.09. The van der Waals surface area contributed by atoms with E-state index in [1.54, 1.807) is 36.0 Å². The van der Waals surface area contributed by atoms with Crippen LogP contribution in [-0.4, -0.2) is 44.5 Å². The highest BCUT2D eigenvalue weighted by Crippen LogP contribution is 2.17. The van der Waals surface area contributed by atoms with Gasteiger partial charge >= 0.3 is 0 Å². The molecule has 8 nitrogen and oxygen atoms in total. The molecule has 0 radical (unpaired) electrons.